The number of carbonyl (C=O) groups is 1. The first-order chi connectivity index (χ1) is 24.1. The molecule has 9 heteroatoms. The molecule has 0 saturated heterocycles. The Morgan fingerprint density at radius 3 is 1.70 bits per heavy atom. The third-order valence-corrected chi connectivity index (χ3v) is 9.50. The molecule has 0 aromatic carbocycles. The number of allylic oxidation sites excluding steroid dienone is 5. The molecular formula is C41H79NO7P+. The molecule has 0 amide bonds. The van der Waals surface area contributed by atoms with E-state index in [-0.39, 0.29) is 25.8 Å². The van der Waals surface area contributed by atoms with Crippen molar-refractivity contribution < 1.29 is 37.3 Å². The molecule has 0 aliphatic rings. The molecule has 8 nitrogen and oxygen atoms in total. The Kier molecular flexibility index (Phi) is 33.6. The fourth-order valence-corrected chi connectivity index (χ4v) is 6.04. The predicted molar refractivity (Wildman–Crippen MR) is 210 cm³/mol. The van der Waals surface area contributed by atoms with E-state index in [2.05, 4.69) is 38.2 Å². The highest BCUT2D eigenvalue weighted by Gasteiger charge is 2.26. The summed E-state index contributed by atoms with van der Waals surface area (Å²) >= 11 is 0. The predicted octanol–water partition coefficient (Wildman–Crippen LogP) is 11.8. The number of carbonyl (C=O) groups excluding carboxylic acids is 1. The highest BCUT2D eigenvalue weighted by Crippen LogP contribution is 2.43. The summed E-state index contributed by atoms with van der Waals surface area (Å²) < 4.78 is 34.6. The topological polar surface area (TPSA) is 91.3 Å². The highest BCUT2D eigenvalue weighted by atomic mass is 31.2. The van der Waals surface area contributed by atoms with Gasteiger partial charge in [0, 0.05) is 6.42 Å². The van der Waals surface area contributed by atoms with Gasteiger partial charge in [-0.25, -0.2) is 4.57 Å². The van der Waals surface area contributed by atoms with Crippen molar-refractivity contribution in [3.63, 3.8) is 0 Å². The van der Waals surface area contributed by atoms with Crippen LogP contribution < -0.4 is 0 Å². The normalized spacial score (nSPS) is 14.2. The summed E-state index contributed by atoms with van der Waals surface area (Å²) in [4.78, 5) is 22.8. The maximum absolute atomic E-state index is 12.6. The van der Waals surface area contributed by atoms with Gasteiger partial charge in [-0.2, -0.15) is 0 Å². The van der Waals surface area contributed by atoms with Crippen LogP contribution in [0, 0.1) is 0 Å². The van der Waals surface area contributed by atoms with E-state index in [1.165, 1.54) is 89.9 Å². The fraction of sp³-hybridized carbons (Fsp3) is 0.829. The van der Waals surface area contributed by atoms with Gasteiger partial charge in [-0.1, -0.05) is 141 Å². The molecule has 0 fully saturated rings. The third-order valence-electron chi connectivity index (χ3n) is 8.52. The van der Waals surface area contributed by atoms with Crippen molar-refractivity contribution in [2.45, 2.75) is 174 Å². The Morgan fingerprint density at radius 2 is 1.14 bits per heavy atom. The number of unbranched alkanes of at least 4 members (excludes halogenated alkanes) is 19. The Balaban J connectivity index is 4.36. The summed E-state index contributed by atoms with van der Waals surface area (Å²) in [5.74, 6) is -0.351. The number of phosphoric acid groups is 1. The van der Waals surface area contributed by atoms with Gasteiger partial charge in [-0.05, 0) is 51.0 Å². The van der Waals surface area contributed by atoms with Gasteiger partial charge in [0.1, 0.15) is 19.8 Å². The molecular weight excluding hydrogens is 649 g/mol. The smallest absolute Gasteiger partial charge is 0.472 e. The molecule has 0 spiro atoms. The lowest BCUT2D eigenvalue weighted by atomic mass is 10.0. The van der Waals surface area contributed by atoms with E-state index < -0.39 is 13.9 Å². The molecule has 0 bridgehead atoms. The molecule has 1 N–H and O–H groups in total. The number of quaternary nitrogens is 1. The molecule has 2 atom stereocenters. The van der Waals surface area contributed by atoms with Gasteiger partial charge in [-0.3, -0.25) is 13.8 Å². The summed E-state index contributed by atoms with van der Waals surface area (Å²) in [5, 5.41) is 0. The molecule has 50 heavy (non-hydrogen) atoms. The fourth-order valence-electron chi connectivity index (χ4n) is 5.30. The highest BCUT2D eigenvalue weighted by molar-refractivity contribution is 7.47. The van der Waals surface area contributed by atoms with Crippen molar-refractivity contribution in [3.05, 3.63) is 36.6 Å². The van der Waals surface area contributed by atoms with E-state index in [1.807, 2.05) is 27.2 Å². The van der Waals surface area contributed by atoms with Gasteiger partial charge in [0.05, 0.1) is 34.0 Å². The van der Waals surface area contributed by atoms with Crippen molar-refractivity contribution in [1.82, 2.24) is 0 Å². The second-order valence-corrected chi connectivity index (χ2v) is 16.2. The lowest BCUT2D eigenvalue weighted by Gasteiger charge is -2.24. The second kappa shape index (κ2) is 34.6. The zero-order valence-corrected chi connectivity index (χ0v) is 34.0. The van der Waals surface area contributed by atoms with E-state index in [9.17, 15) is 14.3 Å². The van der Waals surface area contributed by atoms with Crippen LogP contribution in [0.25, 0.3) is 0 Å². The molecule has 0 saturated carbocycles. The quantitative estimate of drug-likeness (QED) is 0.0170. The number of hydrogen-bond donors (Lipinski definition) is 1. The Labute approximate surface area is 308 Å². The Morgan fingerprint density at radius 1 is 0.640 bits per heavy atom. The molecule has 0 aromatic heterocycles. The minimum atomic E-state index is -4.29. The molecule has 1 unspecified atom stereocenters. The first kappa shape index (κ1) is 48.6. The molecule has 0 radical (unpaired) electrons. The van der Waals surface area contributed by atoms with Crippen LogP contribution in [0.5, 0.6) is 0 Å². The summed E-state index contributed by atoms with van der Waals surface area (Å²) in [6, 6.07) is 0. The maximum Gasteiger partial charge on any atom is 0.472 e. The van der Waals surface area contributed by atoms with Crippen LogP contribution in [-0.4, -0.2) is 69.0 Å². The van der Waals surface area contributed by atoms with E-state index >= 15 is 0 Å². The van der Waals surface area contributed by atoms with Crippen LogP contribution in [0.3, 0.4) is 0 Å². The van der Waals surface area contributed by atoms with Gasteiger partial charge in [0.25, 0.3) is 0 Å². The van der Waals surface area contributed by atoms with Crippen LogP contribution in [-0.2, 0) is 27.9 Å². The van der Waals surface area contributed by atoms with Crippen molar-refractivity contribution in [2.24, 2.45) is 0 Å². The second-order valence-electron chi connectivity index (χ2n) is 14.7. The minimum Gasteiger partial charge on any atom is -0.498 e. The number of rotatable bonds is 37. The van der Waals surface area contributed by atoms with Gasteiger partial charge in [-0.15, -0.1) is 0 Å². The van der Waals surface area contributed by atoms with Crippen molar-refractivity contribution in [3.8, 4) is 0 Å². The zero-order valence-electron chi connectivity index (χ0n) is 33.1. The van der Waals surface area contributed by atoms with E-state index in [0.717, 1.165) is 57.8 Å². The summed E-state index contributed by atoms with van der Waals surface area (Å²) in [6.45, 7) is 4.87. The number of esters is 1. The monoisotopic (exact) mass is 729 g/mol. The summed E-state index contributed by atoms with van der Waals surface area (Å²) in [7, 11) is 1.62. The van der Waals surface area contributed by atoms with E-state index in [0.29, 0.717) is 17.4 Å². The number of hydrogen-bond acceptors (Lipinski definition) is 6. The lowest BCUT2D eigenvalue weighted by Crippen LogP contribution is -2.37. The van der Waals surface area contributed by atoms with Crippen LogP contribution >= 0.6 is 7.82 Å². The molecule has 0 heterocycles. The van der Waals surface area contributed by atoms with Gasteiger partial charge >= 0.3 is 13.8 Å². The largest absolute Gasteiger partial charge is 0.498 e. The average Bonchev–Trinajstić information content (AvgIpc) is 3.06. The third kappa shape index (κ3) is 37.8. The molecule has 0 aliphatic carbocycles. The Bertz CT molecular complexity index is 900. The zero-order chi connectivity index (χ0) is 37.0. The maximum atomic E-state index is 12.6. The molecule has 0 aromatic rings. The number of nitrogens with zero attached hydrogens (tertiary/aromatic N) is 1. The molecule has 0 rings (SSSR count). The van der Waals surface area contributed by atoms with Crippen molar-refractivity contribution >= 4 is 13.8 Å². The van der Waals surface area contributed by atoms with Crippen LogP contribution in [0.4, 0.5) is 0 Å². The standard InChI is InChI=1S/C41H78NO7P/c1-6-8-10-12-14-16-18-20-22-24-26-28-30-32-34-41(43)49-40(39-48-50(44,45)47-37-35-42(3,4)5)38-46-36-33-31-29-27-25-23-21-19-17-15-13-11-9-7-2/h12,14,18,20,33,36,40H,6-11,13,15-17,19,21-32,34-35,37-39H2,1-5H3/p+1/b14-12-,20-18-,36-33-/t40-/m1/s1. The summed E-state index contributed by atoms with van der Waals surface area (Å²) in [6.07, 6.45) is 39.8. The summed E-state index contributed by atoms with van der Waals surface area (Å²) in [5.41, 5.74) is 0. The lowest BCUT2D eigenvalue weighted by molar-refractivity contribution is -0.870. The van der Waals surface area contributed by atoms with Crippen LogP contribution in [0.2, 0.25) is 0 Å². The van der Waals surface area contributed by atoms with Crippen LogP contribution in [0.1, 0.15) is 168 Å². The number of ether oxygens (including phenoxy) is 2. The average molecular weight is 729 g/mol. The van der Waals surface area contributed by atoms with E-state index in [4.69, 9.17) is 18.5 Å². The SMILES string of the molecule is CCCC/C=C\C/C=C\CCCCCCCC(=O)O[C@H](CO/C=C\CCCCCCCCCCCCCC)COP(=O)(O)OCC[N+](C)(C)C. The molecule has 0 aliphatic heterocycles. The number of likely N-dealkylation sites (N-methyl/N-ethyl adjacent to an activating group) is 1. The minimum absolute atomic E-state index is 0.0433. The van der Waals surface area contributed by atoms with Gasteiger partial charge in [0.15, 0.2) is 6.10 Å². The Hall–Kier alpha value is -1.44. The molecule has 294 valence electrons. The van der Waals surface area contributed by atoms with Crippen LogP contribution in [0.15, 0.2) is 36.6 Å². The van der Waals surface area contributed by atoms with Gasteiger partial charge < -0.3 is 18.9 Å². The van der Waals surface area contributed by atoms with Crippen molar-refractivity contribution in [2.75, 3.05) is 47.5 Å². The first-order valence-corrected chi connectivity index (χ1v) is 21.8. The first-order valence-electron chi connectivity index (χ1n) is 20.3. The van der Waals surface area contributed by atoms with E-state index in [1.54, 1.807) is 6.26 Å². The number of phosphoric ester groups is 1. The van der Waals surface area contributed by atoms with Gasteiger partial charge in [0.2, 0.25) is 0 Å². The van der Waals surface area contributed by atoms with Crippen molar-refractivity contribution in [1.29, 1.82) is 0 Å².